The molecular formula is C5H10ClN. The fourth-order valence-electron chi connectivity index (χ4n) is 1.33. The van der Waals surface area contributed by atoms with Crippen LogP contribution < -0.4 is 5.73 Å². The van der Waals surface area contributed by atoms with E-state index >= 15 is 0 Å². The van der Waals surface area contributed by atoms with Crippen molar-refractivity contribution >= 4 is 12.4 Å². The van der Waals surface area contributed by atoms with E-state index in [4.69, 9.17) is 5.73 Å². The summed E-state index contributed by atoms with van der Waals surface area (Å²) in [5, 5.41) is 0. The molecule has 1 nitrogen and oxygen atoms in total. The van der Waals surface area contributed by atoms with Crippen LogP contribution in [0.5, 0.6) is 0 Å². The van der Waals surface area contributed by atoms with E-state index in [-0.39, 0.29) is 12.4 Å². The minimum Gasteiger partial charge on any atom is -0.327 e. The van der Waals surface area contributed by atoms with E-state index in [0.717, 1.165) is 11.8 Å². The molecule has 0 radical (unpaired) electrons. The average Bonchev–Trinajstić information content (AvgIpc) is 1.28. The molecule has 3 fully saturated rings. The van der Waals surface area contributed by atoms with Crippen molar-refractivity contribution in [2.45, 2.75) is 18.9 Å². The molecule has 0 spiro atoms. The van der Waals surface area contributed by atoms with Crippen LogP contribution in [0.4, 0.5) is 0 Å². The van der Waals surface area contributed by atoms with E-state index in [1.54, 1.807) is 0 Å². The molecule has 42 valence electrons. The summed E-state index contributed by atoms with van der Waals surface area (Å²) in [7, 11) is 0. The Hall–Kier alpha value is 0.250. The predicted octanol–water partition coefficient (Wildman–Crippen LogP) is 0.775. The van der Waals surface area contributed by atoms with Crippen molar-refractivity contribution in [1.29, 1.82) is 0 Å². The Balaban J connectivity index is 0.000000245. The number of rotatable bonds is 0. The van der Waals surface area contributed by atoms with Gasteiger partial charge in [-0.1, -0.05) is 0 Å². The monoisotopic (exact) mass is 119 g/mol. The summed E-state index contributed by atoms with van der Waals surface area (Å²) in [5.74, 6) is 1.91. The molecule has 7 heavy (non-hydrogen) atoms. The molecule has 0 saturated heterocycles. The van der Waals surface area contributed by atoms with Gasteiger partial charge in [0, 0.05) is 6.04 Å². The topological polar surface area (TPSA) is 26.0 Å². The minimum absolute atomic E-state index is 0. The molecule has 0 aliphatic heterocycles. The van der Waals surface area contributed by atoms with Gasteiger partial charge in [0.05, 0.1) is 0 Å². The van der Waals surface area contributed by atoms with E-state index in [1.807, 2.05) is 0 Å². The van der Waals surface area contributed by atoms with Crippen LogP contribution in [0.1, 0.15) is 12.8 Å². The van der Waals surface area contributed by atoms with E-state index in [0.29, 0.717) is 6.04 Å². The fraction of sp³-hybridized carbons (Fsp3) is 1.00. The third kappa shape index (κ3) is 0.428. The van der Waals surface area contributed by atoms with Crippen LogP contribution in [-0.4, -0.2) is 6.04 Å². The zero-order chi connectivity index (χ0) is 4.15. The maximum absolute atomic E-state index is 5.57. The van der Waals surface area contributed by atoms with Crippen LogP contribution in [-0.2, 0) is 0 Å². The molecule has 3 saturated carbocycles. The Morgan fingerprint density at radius 1 is 1.14 bits per heavy atom. The highest BCUT2D eigenvalue weighted by Crippen LogP contribution is 2.51. The van der Waals surface area contributed by atoms with E-state index in [9.17, 15) is 0 Å². The van der Waals surface area contributed by atoms with Crippen molar-refractivity contribution in [2.75, 3.05) is 0 Å². The Bertz CT molecular complexity index is 70.1. The Morgan fingerprint density at radius 2 is 1.43 bits per heavy atom. The van der Waals surface area contributed by atoms with Crippen molar-refractivity contribution in [2.24, 2.45) is 17.6 Å². The summed E-state index contributed by atoms with van der Waals surface area (Å²) in [6.45, 7) is 0. The quantitative estimate of drug-likeness (QED) is 0.501. The molecule has 2 N–H and O–H groups in total. The first-order valence-corrected chi connectivity index (χ1v) is 2.63. The maximum atomic E-state index is 5.57. The van der Waals surface area contributed by atoms with Gasteiger partial charge in [-0.05, 0) is 24.7 Å². The van der Waals surface area contributed by atoms with Crippen LogP contribution in [0.3, 0.4) is 0 Å². The van der Waals surface area contributed by atoms with Gasteiger partial charge in [0.15, 0.2) is 0 Å². The standard InChI is InChI=1S/C5H9N.ClH/c6-5-3-1-4(5)2-3;/h3-5H,1-2,6H2;1H. The lowest BCUT2D eigenvalue weighted by atomic mass is 9.52. The average molecular weight is 120 g/mol. The fourth-order valence-corrected chi connectivity index (χ4v) is 1.33. The van der Waals surface area contributed by atoms with Gasteiger partial charge in [-0.2, -0.15) is 0 Å². The van der Waals surface area contributed by atoms with Gasteiger partial charge < -0.3 is 5.73 Å². The van der Waals surface area contributed by atoms with E-state index in [2.05, 4.69) is 0 Å². The SMILES string of the molecule is Cl.NC1C2CC1C2. The molecule has 0 aromatic carbocycles. The molecule has 2 heteroatoms. The molecule has 0 unspecified atom stereocenters. The lowest BCUT2D eigenvalue weighted by Gasteiger charge is -2.56. The molecule has 2 bridgehead atoms. The van der Waals surface area contributed by atoms with E-state index < -0.39 is 0 Å². The van der Waals surface area contributed by atoms with Crippen molar-refractivity contribution in [1.82, 2.24) is 0 Å². The second-order valence-corrected chi connectivity index (χ2v) is 2.57. The zero-order valence-corrected chi connectivity index (χ0v) is 4.95. The first kappa shape index (κ1) is 5.39. The lowest BCUT2D eigenvalue weighted by Crippen LogP contribution is -2.60. The summed E-state index contributed by atoms with van der Waals surface area (Å²) >= 11 is 0. The van der Waals surface area contributed by atoms with Crippen LogP contribution >= 0.6 is 12.4 Å². The summed E-state index contributed by atoms with van der Waals surface area (Å²) in [6, 6.07) is 0.630. The highest BCUT2D eigenvalue weighted by atomic mass is 35.5. The van der Waals surface area contributed by atoms with Crippen molar-refractivity contribution < 1.29 is 0 Å². The molecule has 0 amide bonds. The van der Waals surface area contributed by atoms with Gasteiger partial charge >= 0.3 is 0 Å². The normalized spacial score (nSPS) is 53.6. The van der Waals surface area contributed by atoms with Crippen LogP contribution in [0.2, 0.25) is 0 Å². The molecule has 0 atom stereocenters. The van der Waals surface area contributed by atoms with Gasteiger partial charge in [0.2, 0.25) is 0 Å². The van der Waals surface area contributed by atoms with Crippen LogP contribution in [0.25, 0.3) is 0 Å². The van der Waals surface area contributed by atoms with Crippen molar-refractivity contribution in [3.05, 3.63) is 0 Å². The summed E-state index contributed by atoms with van der Waals surface area (Å²) in [6.07, 6.45) is 2.89. The van der Waals surface area contributed by atoms with Crippen molar-refractivity contribution in [3.63, 3.8) is 0 Å². The molecule has 0 aromatic heterocycles. The highest BCUT2D eigenvalue weighted by molar-refractivity contribution is 5.85. The van der Waals surface area contributed by atoms with Crippen molar-refractivity contribution in [3.8, 4) is 0 Å². The Morgan fingerprint density at radius 3 is 1.43 bits per heavy atom. The lowest BCUT2D eigenvalue weighted by molar-refractivity contribution is -0.0171. The highest BCUT2D eigenvalue weighted by Gasteiger charge is 2.49. The number of hydrogen-bond acceptors (Lipinski definition) is 1. The molecule has 3 aliphatic carbocycles. The van der Waals surface area contributed by atoms with E-state index in [1.165, 1.54) is 12.8 Å². The minimum atomic E-state index is 0. The summed E-state index contributed by atoms with van der Waals surface area (Å²) in [4.78, 5) is 0. The molecular weight excluding hydrogens is 110 g/mol. The maximum Gasteiger partial charge on any atom is 0.00960 e. The predicted molar refractivity (Wildman–Crippen MR) is 31.4 cm³/mol. The molecule has 3 rings (SSSR count). The van der Waals surface area contributed by atoms with Gasteiger partial charge in [-0.25, -0.2) is 0 Å². The van der Waals surface area contributed by atoms with Gasteiger partial charge in [0.1, 0.15) is 0 Å². The zero-order valence-electron chi connectivity index (χ0n) is 4.13. The van der Waals surface area contributed by atoms with Gasteiger partial charge in [-0.15, -0.1) is 12.4 Å². The Labute approximate surface area is 49.7 Å². The third-order valence-corrected chi connectivity index (χ3v) is 2.30. The second-order valence-electron chi connectivity index (χ2n) is 2.57. The molecule has 3 aliphatic rings. The summed E-state index contributed by atoms with van der Waals surface area (Å²) in [5.41, 5.74) is 5.57. The molecule has 0 aromatic rings. The second kappa shape index (κ2) is 1.36. The largest absolute Gasteiger partial charge is 0.327 e. The number of hydrogen-bond donors (Lipinski definition) is 1. The molecule has 0 heterocycles. The van der Waals surface area contributed by atoms with Gasteiger partial charge in [0.25, 0.3) is 0 Å². The first-order valence-electron chi connectivity index (χ1n) is 2.63. The first-order chi connectivity index (χ1) is 2.88. The number of nitrogens with two attached hydrogens (primary N) is 1. The smallest absolute Gasteiger partial charge is 0.00960 e. The van der Waals surface area contributed by atoms with Crippen LogP contribution in [0.15, 0.2) is 0 Å². The van der Waals surface area contributed by atoms with Crippen LogP contribution in [0, 0.1) is 11.8 Å². The Kier molecular flexibility index (Phi) is 1.05. The third-order valence-electron chi connectivity index (χ3n) is 2.30. The summed E-state index contributed by atoms with van der Waals surface area (Å²) < 4.78 is 0. The number of halogens is 1. The van der Waals surface area contributed by atoms with Gasteiger partial charge in [-0.3, -0.25) is 0 Å².